The predicted molar refractivity (Wildman–Crippen MR) is 124 cm³/mol. The second-order valence-corrected chi connectivity index (χ2v) is 7.64. The van der Waals surface area contributed by atoms with Crippen LogP contribution in [0.4, 0.5) is 13.2 Å². The molecule has 1 aliphatic rings. The highest BCUT2D eigenvalue weighted by Gasteiger charge is 2.23. The first kappa shape index (κ1) is 24.4. The van der Waals surface area contributed by atoms with Gasteiger partial charge in [-0.3, -0.25) is 4.39 Å². The zero-order valence-corrected chi connectivity index (χ0v) is 18.3. The highest BCUT2D eigenvalue weighted by molar-refractivity contribution is 5.75. The van der Waals surface area contributed by atoms with E-state index in [4.69, 9.17) is 26.7 Å². The molecule has 0 bridgehead atoms. The highest BCUT2D eigenvalue weighted by atomic mass is 19.1. The quantitative estimate of drug-likeness (QED) is 0.329. The topological polar surface area (TPSA) is 109 Å². The summed E-state index contributed by atoms with van der Waals surface area (Å²) >= 11 is 0. The monoisotopic (exact) mass is 462 g/mol. The molecule has 178 valence electrons. The molecule has 0 aromatic heterocycles. The van der Waals surface area contributed by atoms with Crippen molar-refractivity contribution in [3.8, 4) is 11.5 Å². The number of guanidine groups is 1. The number of nitrogens with two attached hydrogens (primary N) is 3. The van der Waals surface area contributed by atoms with E-state index in [1.165, 1.54) is 0 Å². The van der Waals surface area contributed by atoms with Gasteiger partial charge in [-0.15, -0.1) is 0 Å². The van der Waals surface area contributed by atoms with Gasteiger partial charge in [0.2, 0.25) is 0 Å². The van der Waals surface area contributed by atoms with Crippen LogP contribution in [0.15, 0.2) is 41.4 Å². The van der Waals surface area contributed by atoms with Crippen LogP contribution in [-0.2, 0) is 6.54 Å². The normalized spacial score (nSPS) is 15.2. The molecule has 0 fully saturated rings. The molecule has 0 spiro atoms. The third kappa shape index (κ3) is 5.98. The molecule has 3 rings (SSSR count). The summed E-state index contributed by atoms with van der Waals surface area (Å²) in [5.41, 5.74) is 21.5. The Kier molecular flexibility index (Phi) is 8.59. The van der Waals surface area contributed by atoms with E-state index in [0.717, 1.165) is 16.7 Å². The summed E-state index contributed by atoms with van der Waals surface area (Å²) in [6.45, 7) is -2.08. The Morgan fingerprint density at radius 1 is 1.00 bits per heavy atom. The molecule has 0 saturated heterocycles. The third-order valence-electron chi connectivity index (χ3n) is 5.38. The maximum atomic E-state index is 12.9. The van der Waals surface area contributed by atoms with Crippen LogP contribution in [-0.4, -0.2) is 39.2 Å². The van der Waals surface area contributed by atoms with Crippen LogP contribution in [0.3, 0.4) is 0 Å². The Hall–Kier alpha value is -3.20. The van der Waals surface area contributed by atoms with E-state index in [-0.39, 0.29) is 43.1 Å². The van der Waals surface area contributed by atoms with Gasteiger partial charge in [0.25, 0.3) is 0 Å². The van der Waals surface area contributed by atoms with Gasteiger partial charge >= 0.3 is 0 Å². The number of aliphatic imine (C=N–C) groups is 1. The fourth-order valence-corrected chi connectivity index (χ4v) is 3.88. The summed E-state index contributed by atoms with van der Waals surface area (Å²) in [5.74, 6) is 0.438. The first-order valence-electron chi connectivity index (χ1n) is 10.7. The third-order valence-corrected chi connectivity index (χ3v) is 5.38. The molecule has 0 radical (unpaired) electrons. The van der Waals surface area contributed by atoms with Crippen molar-refractivity contribution >= 4 is 12.0 Å². The lowest BCUT2D eigenvalue weighted by Gasteiger charge is -2.22. The SMILES string of the molecule is NC(N)=NCc1cc(OCCF)c(OCCF)c(C(N)c2ccc3c(c2)C=CC3CCF)c1. The molecule has 2 aromatic rings. The fourth-order valence-electron chi connectivity index (χ4n) is 3.88. The van der Waals surface area contributed by atoms with Crippen molar-refractivity contribution in [3.63, 3.8) is 0 Å². The van der Waals surface area contributed by atoms with Crippen LogP contribution in [0.1, 0.15) is 46.2 Å². The summed E-state index contributed by atoms with van der Waals surface area (Å²) in [4.78, 5) is 4.02. The Balaban J connectivity index is 2.03. The van der Waals surface area contributed by atoms with Crippen molar-refractivity contribution in [3.05, 3.63) is 64.2 Å². The van der Waals surface area contributed by atoms with Crippen molar-refractivity contribution in [2.24, 2.45) is 22.2 Å². The molecular weight excluding hydrogens is 433 g/mol. The van der Waals surface area contributed by atoms with Gasteiger partial charge in [0, 0.05) is 11.5 Å². The second kappa shape index (κ2) is 11.6. The summed E-state index contributed by atoms with van der Waals surface area (Å²) in [6.07, 6.45) is 4.36. The average Bonchev–Trinajstić information content (AvgIpc) is 3.22. The Morgan fingerprint density at radius 3 is 2.45 bits per heavy atom. The molecule has 0 aliphatic heterocycles. The van der Waals surface area contributed by atoms with E-state index in [9.17, 15) is 13.2 Å². The Bertz CT molecular complexity index is 1010. The smallest absolute Gasteiger partial charge is 0.186 e. The fraction of sp³-hybridized carbons (Fsp3) is 0.375. The summed E-state index contributed by atoms with van der Waals surface area (Å²) in [5, 5.41) is 0. The molecule has 6 N–H and O–H groups in total. The molecule has 9 heteroatoms. The van der Waals surface area contributed by atoms with E-state index in [1.807, 2.05) is 30.4 Å². The largest absolute Gasteiger partial charge is 0.487 e. The van der Waals surface area contributed by atoms with E-state index < -0.39 is 26.1 Å². The standard InChI is InChI=1S/C24H29F3N4O2/c25-6-5-16-1-2-17-13-18(3-4-19(16)17)22(28)20-11-15(14-31-24(29)30)12-21(32-9-7-26)23(20)33-10-8-27/h1-4,11-13,16,22H,5-10,14,28H2,(H4,29,30,31). The number of hydrogen-bond acceptors (Lipinski definition) is 4. The van der Waals surface area contributed by atoms with Crippen LogP contribution in [0.25, 0.3) is 6.08 Å². The summed E-state index contributed by atoms with van der Waals surface area (Å²) < 4.78 is 49.7. The van der Waals surface area contributed by atoms with Gasteiger partial charge in [0.15, 0.2) is 17.5 Å². The molecule has 6 nitrogen and oxygen atoms in total. The van der Waals surface area contributed by atoms with Crippen LogP contribution in [0.5, 0.6) is 11.5 Å². The number of halogens is 3. The number of alkyl halides is 3. The number of hydrogen-bond donors (Lipinski definition) is 3. The van der Waals surface area contributed by atoms with E-state index in [2.05, 4.69) is 4.99 Å². The van der Waals surface area contributed by atoms with Gasteiger partial charge in [0.05, 0.1) is 19.3 Å². The Labute approximate surface area is 191 Å². The number of fused-ring (bicyclic) bond motifs is 1. The van der Waals surface area contributed by atoms with Gasteiger partial charge in [-0.1, -0.05) is 24.3 Å². The maximum absolute atomic E-state index is 12.9. The molecule has 2 aromatic carbocycles. The lowest BCUT2D eigenvalue weighted by Crippen LogP contribution is -2.22. The summed E-state index contributed by atoms with van der Waals surface area (Å²) in [7, 11) is 0. The van der Waals surface area contributed by atoms with Gasteiger partial charge < -0.3 is 26.7 Å². The van der Waals surface area contributed by atoms with Crippen LogP contribution in [0.2, 0.25) is 0 Å². The van der Waals surface area contributed by atoms with Crippen molar-refractivity contribution in [2.75, 3.05) is 33.2 Å². The minimum absolute atomic E-state index is 0.0438. The Morgan fingerprint density at radius 2 is 1.76 bits per heavy atom. The van der Waals surface area contributed by atoms with Crippen molar-refractivity contribution in [2.45, 2.75) is 24.9 Å². The number of nitrogens with zero attached hydrogens (tertiary/aromatic N) is 1. The number of ether oxygens (including phenoxy) is 2. The van der Waals surface area contributed by atoms with Crippen molar-refractivity contribution < 1.29 is 22.6 Å². The maximum Gasteiger partial charge on any atom is 0.186 e. The second-order valence-electron chi connectivity index (χ2n) is 7.64. The summed E-state index contributed by atoms with van der Waals surface area (Å²) in [6, 6.07) is 8.49. The molecule has 1 aliphatic carbocycles. The first-order valence-corrected chi connectivity index (χ1v) is 10.7. The lowest BCUT2D eigenvalue weighted by atomic mass is 9.92. The minimum Gasteiger partial charge on any atom is -0.487 e. The predicted octanol–water partition coefficient (Wildman–Crippen LogP) is 3.67. The van der Waals surface area contributed by atoms with Gasteiger partial charge in [-0.05, 0) is 46.9 Å². The molecule has 33 heavy (non-hydrogen) atoms. The molecule has 2 atom stereocenters. The number of benzene rings is 2. The van der Waals surface area contributed by atoms with Crippen LogP contribution in [0, 0.1) is 0 Å². The molecule has 0 saturated carbocycles. The van der Waals surface area contributed by atoms with E-state index in [0.29, 0.717) is 17.5 Å². The molecular formula is C24H29F3N4O2. The van der Waals surface area contributed by atoms with E-state index in [1.54, 1.807) is 12.1 Å². The van der Waals surface area contributed by atoms with E-state index >= 15 is 0 Å². The van der Waals surface area contributed by atoms with Gasteiger partial charge in [0.1, 0.15) is 26.6 Å². The first-order chi connectivity index (χ1) is 16.0. The molecule has 0 heterocycles. The number of allylic oxidation sites excluding steroid dienone is 1. The minimum atomic E-state index is -0.716. The van der Waals surface area contributed by atoms with Crippen molar-refractivity contribution in [1.29, 1.82) is 0 Å². The van der Waals surface area contributed by atoms with Crippen LogP contribution < -0.4 is 26.7 Å². The average molecular weight is 463 g/mol. The molecule has 2 unspecified atom stereocenters. The van der Waals surface area contributed by atoms with Crippen LogP contribution >= 0.6 is 0 Å². The molecule has 0 amide bonds. The number of rotatable bonds is 12. The van der Waals surface area contributed by atoms with Gasteiger partial charge in [-0.2, -0.15) is 0 Å². The zero-order chi connectivity index (χ0) is 23.8. The van der Waals surface area contributed by atoms with Gasteiger partial charge in [-0.25, -0.2) is 13.8 Å². The zero-order valence-electron chi connectivity index (χ0n) is 18.3. The highest BCUT2D eigenvalue weighted by Crippen LogP contribution is 2.40. The van der Waals surface area contributed by atoms with Crippen molar-refractivity contribution in [1.82, 2.24) is 0 Å². The lowest BCUT2D eigenvalue weighted by molar-refractivity contribution is 0.232.